The second-order valence-corrected chi connectivity index (χ2v) is 9.28. The molecule has 0 radical (unpaired) electrons. The maximum Gasteiger partial charge on any atom is 0.231 e. The molecule has 0 bridgehead atoms. The summed E-state index contributed by atoms with van der Waals surface area (Å²) in [7, 11) is 1.97. The maximum absolute atomic E-state index is 6.06. The van der Waals surface area contributed by atoms with Gasteiger partial charge in [0.05, 0.1) is 5.69 Å². The molecule has 0 spiro atoms. The molecule has 1 aliphatic rings. The molecular formula is C23H22N4O3S2. The number of hydrogen-bond acceptors (Lipinski definition) is 8. The van der Waals surface area contributed by atoms with Crippen LogP contribution in [0.3, 0.4) is 0 Å². The van der Waals surface area contributed by atoms with E-state index in [0.29, 0.717) is 5.75 Å². The number of hydrogen-bond donors (Lipinski definition) is 0. The van der Waals surface area contributed by atoms with Crippen LogP contribution in [0, 0.1) is 6.92 Å². The summed E-state index contributed by atoms with van der Waals surface area (Å²) in [5.41, 5.74) is 3.19. The Morgan fingerprint density at radius 1 is 1.16 bits per heavy atom. The van der Waals surface area contributed by atoms with Crippen LogP contribution in [-0.2, 0) is 12.8 Å². The number of rotatable bonds is 7. The van der Waals surface area contributed by atoms with E-state index in [4.69, 9.17) is 19.2 Å². The van der Waals surface area contributed by atoms with Crippen molar-refractivity contribution >= 4 is 23.1 Å². The minimum Gasteiger partial charge on any atom is -0.483 e. The molecule has 3 heterocycles. The summed E-state index contributed by atoms with van der Waals surface area (Å²) in [5, 5.41) is 12.6. The first-order chi connectivity index (χ1) is 15.6. The van der Waals surface area contributed by atoms with Crippen LogP contribution in [0.1, 0.15) is 30.1 Å². The molecule has 164 valence electrons. The molecule has 0 amide bonds. The molecule has 1 atom stereocenters. The van der Waals surface area contributed by atoms with Crippen molar-refractivity contribution in [3.63, 3.8) is 0 Å². The Morgan fingerprint density at radius 3 is 2.91 bits per heavy atom. The Labute approximate surface area is 194 Å². The van der Waals surface area contributed by atoms with Gasteiger partial charge in [-0.25, -0.2) is 4.98 Å². The number of benzene rings is 2. The minimum absolute atomic E-state index is 0.208. The standard InChI is InChI=1S/C23H22N4O3S2/c1-14-5-4-6-18(9-14)30-15(2)21-25-26-23(27(21)3)32-12-17-11-31-22(24-17)16-7-8-19-20(10-16)29-13-28-19/h4-11,15H,12-13H2,1-3H3. The summed E-state index contributed by atoms with van der Waals surface area (Å²) >= 11 is 3.23. The van der Waals surface area contributed by atoms with Gasteiger partial charge in [0, 0.05) is 23.7 Å². The molecule has 2 aromatic heterocycles. The Bertz CT molecular complexity index is 1250. The van der Waals surface area contributed by atoms with Crippen molar-refractivity contribution < 1.29 is 14.2 Å². The van der Waals surface area contributed by atoms with Gasteiger partial charge in [-0.2, -0.15) is 0 Å². The first-order valence-electron chi connectivity index (χ1n) is 10.2. The van der Waals surface area contributed by atoms with Crippen LogP contribution in [0.2, 0.25) is 0 Å². The van der Waals surface area contributed by atoms with Crippen LogP contribution >= 0.6 is 23.1 Å². The molecule has 0 aliphatic carbocycles. The quantitative estimate of drug-likeness (QED) is 0.337. The zero-order chi connectivity index (χ0) is 22.1. The Hall–Kier alpha value is -3.04. The van der Waals surface area contributed by atoms with Gasteiger partial charge in [-0.15, -0.1) is 21.5 Å². The SMILES string of the molecule is Cc1cccc(OC(C)c2nnc(SCc3csc(-c4ccc5c(c4)OCO5)n3)n2C)c1. The third kappa shape index (κ3) is 4.31. The van der Waals surface area contributed by atoms with E-state index in [0.717, 1.165) is 50.1 Å². The predicted molar refractivity (Wildman–Crippen MR) is 124 cm³/mol. The summed E-state index contributed by atoms with van der Waals surface area (Å²) < 4.78 is 18.9. The van der Waals surface area contributed by atoms with Crippen LogP contribution in [0.15, 0.2) is 53.0 Å². The third-order valence-electron chi connectivity index (χ3n) is 5.06. The maximum atomic E-state index is 6.06. The Kier molecular flexibility index (Phi) is 5.75. The molecule has 1 unspecified atom stereocenters. The lowest BCUT2D eigenvalue weighted by molar-refractivity contribution is 0.174. The lowest BCUT2D eigenvalue weighted by atomic mass is 10.2. The van der Waals surface area contributed by atoms with E-state index >= 15 is 0 Å². The predicted octanol–water partition coefficient (Wildman–Crippen LogP) is 5.41. The number of aromatic nitrogens is 4. The molecule has 9 heteroatoms. The monoisotopic (exact) mass is 466 g/mol. The van der Waals surface area contributed by atoms with Gasteiger partial charge in [0.25, 0.3) is 0 Å². The summed E-state index contributed by atoms with van der Waals surface area (Å²) in [6, 6.07) is 13.9. The zero-order valence-electron chi connectivity index (χ0n) is 17.9. The van der Waals surface area contributed by atoms with Gasteiger partial charge in [-0.3, -0.25) is 0 Å². The number of thioether (sulfide) groups is 1. The van der Waals surface area contributed by atoms with Crippen molar-refractivity contribution in [1.82, 2.24) is 19.7 Å². The average Bonchev–Trinajstić information content (AvgIpc) is 3.51. The molecule has 0 N–H and O–H groups in total. The molecule has 2 aromatic carbocycles. The Balaban J connectivity index is 1.24. The molecule has 4 aromatic rings. The minimum atomic E-state index is -0.208. The van der Waals surface area contributed by atoms with Crippen molar-refractivity contribution in [2.24, 2.45) is 7.05 Å². The van der Waals surface area contributed by atoms with Crippen molar-refractivity contribution in [1.29, 1.82) is 0 Å². The number of fused-ring (bicyclic) bond motifs is 1. The van der Waals surface area contributed by atoms with Crippen molar-refractivity contribution in [3.05, 3.63) is 64.9 Å². The van der Waals surface area contributed by atoms with Gasteiger partial charge in [-0.1, -0.05) is 23.9 Å². The van der Waals surface area contributed by atoms with E-state index in [1.165, 1.54) is 0 Å². The highest BCUT2D eigenvalue weighted by molar-refractivity contribution is 7.98. The summed E-state index contributed by atoms with van der Waals surface area (Å²) in [6.07, 6.45) is -0.208. The zero-order valence-corrected chi connectivity index (χ0v) is 19.6. The van der Waals surface area contributed by atoms with Crippen LogP contribution in [-0.4, -0.2) is 26.5 Å². The molecule has 5 rings (SSSR count). The molecule has 1 aliphatic heterocycles. The van der Waals surface area contributed by atoms with Crippen LogP contribution in [0.4, 0.5) is 0 Å². The van der Waals surface area contributed by atoms with Crippen molar-refractivity contribution in [2.75, 3.05) is 6.79 Å². The van der Waals surface area contributed by atoms with Gasteiger partial charge in [0.2, 0.25) is 6.79 Å². The highest BCUT2D eigenvalue weighted by Gasteiger charge is 2.18. The summed E-state index contributed by atoms with van der Waals surface area (Å²) in [5.74, 6) is 3.86. The number of aryl methyl sites for hydroxylation is 1. The fraction of sp³-hybridized carbons (Fsp3) is 0.261. The molecule has 32 heavy (non-hydrogen) atoms. The van der Waals surface area contributed by atoms with Gasteiger partial charge in [0.1, 0.15) is 10.8 Å². The van der Waals surface area contributed by atoms with E-state index in [9.17, 15) is 0 Å². The topological polar surface area (TPSA) is 71.3 Å². The van der Waals surface area contributed by atoms with Crippen LogP contribution in [0.5, 0.6) is 17.2 Å². The van der Waals surface area contributed by atoms with Crippen molar-refractivity contribution in [2.45, 2.75) is 30.9 Å². The van der Waals surface area contributed by atoms with Crippen LogP contribution < -0.4 is 14.2 Å². The molecule has 0 fully saturated rings. The first-order valence-corrected chi connectivity index (χ1v) is 12.0. The van der Waals surface area contributed by atoms with Gasteiger partial charge in [0.15, 0.2) is 28.6 Å². The lowest BCUT2D eigenvalue weighted by Crippen LogP contribution is -2.10. The molecule has 7 nitrogen and oxygen atoms in total. The second-order valence-electron chi connectivity index (χ2n) is 7.48. The second kappa shape index (κ2) is 8.84. The van der Waals surface area contributed by atoms with E-state index in [-0.39, 0.29) is 12.9 Å². The van der Waals surface area contributed by atoms with Gasteiger partial charge in [-0.05, 0) is 49.7 Å². The number of ether oxygens (including phenoxy) is 3. The Morgan fingerprint density at radius 2 is 2.03 bits per heavy atom. The summed E-state index contributed by atoms with van der Waals surface area (Å²) in [6.45, 7) is 4.30. The van der Waals surface area contributed by atoms with Gasteiger partial charge >= 0.3 is 0 Å². The van der Waals surface area contributed by atoms with Crippen molar-refractivity contribution in [3.8, 4) is 27.8 Å². The highest BCUT2D eigenvalue weighted by Crippen LogP contribution is 2.37. The molecule has 0 saturated carbocycles. The largest absolute Gasteiger partial charge is 0.483 e. The van der Waals surface area contributed by atoms with E-state index in [1.54, 1.807) is 23.1 Å². The summed E-state index contributed by atoms with van der Waals surface area (Å²) in [4.78, 5) is 4.78. The number of thiazole rings is 1. The normalized spacial score (nSPS) is 13.3. The van der Waals surface area contributed by atoms with Crippen LogP contribution in [0.25, 0.3) is 10.6 Å². The third-order valence-corrected chi connectivity index (χ3v) is 7.05. The fourth-order valence-corrected chi connectivity index (χ4v) is 5.16. The first kappa shape index (κ1) is 20.8. The average molecular weight is 467 g/mol. The fourth-order valence-electron chi connectivity index (χ4n) is 3.43. The molecule has 0 saturated heterocycles. The van der Waals surface area contributed by atoms with E-state index < -0.39 is 0 Å². The smallest absolute Gasteiger partial charge is 0.231 e. The van der Waals surface area contributed by atoms with Gasteiger partial charge < -0.3 is 18.8 Å². The molecular weight excluding hydrogens is 444 g/mol. The van der Waals surface area contributed by atoms with E-state index in [1.807, 2.05) is 67.9 Å². The highest BCUT2D eigenvalue weighted by atomic mass is 32.2. The number of nitrogens with zero attached hydrogens (tertiary/aromatic N) is 4. The van der Waals surface area contributed by atoms with E-state index in [2.05, 4.69) is 15.6 Å². The lowest BCUT2D eigenvalue weighted by Gasteiger charge is -2.14.